The van der Waals surface area contributed by atoms with Crippen LogP contribution in [0.1, 0.15) is 47.2 Å². The monoisotopic (exact) mass is 715 g/mol. The molecule has 9 aromatic rings. The minimum Gasteiger partial charge on any atom is -0.208 e. The Morgan fingerprint density at radius 2 is 0.714 bits per heavy atom. The van der Waals surface area contributed by atoms with Gasteiger partial charge in [-0.2, -0.15) is 0 Å². The van der Waals surface area contributed by atoms with E-state index in [1.54, 1.807) is 0 Å². The van der Waals surface area contributed by atoms with Crippen molar-refractivity contribution >= 4 is 10.8 Å². The largest absolute Gasteiger partial charge is 0.208 e. The van der Waals surface area contributed by atoms with E-state index in [0.29, 0.717) is 17.5 Å². The summed E-state index contributed by atoms with van der Waals surface area (Å²) in [6, 6.07) is 67.9. The summed E-state index contributed by atoms with van der Waals surface area (Å²) < 4.78 is 0. The smallest absolute Gasteiger partial charge is 0.164 e. The molecular weight excluding hydrogens is 679 g/mol. The molecule has 3 heteroatoms. The summed E-state index contributed by atoms with van der Waals surface area (Å²) in [5.74, 6) is 1.97. The Balaban J connectivity index is 1.18. The number of fused-ring (bicyclic) bond motifs is 10. The van der Waals surface area contributed by atoms with Gasteiger partial charge in [0.05, 0.1) is 5.41 Å². The fourth-order valence-corrected chi connectivity index (χ4v) is 9.88. The molecule has 0 N–H and O–H groups in total. The number of hydrogen-bond donors (Lipinski definition) is 0. The lowest BCUT2D eigenvalue weighted by molar-refractivity contribution is 0.565. The van der Waals surface area contributed by atoms with Crippen molar-refractivity contribution in [3.05, 3.63) is 221 Å². The predicted molar refractivity (Wildman–Crippen MR) is 229 cm³/mol. The summed E-state index contributed by atoms with van der Waals surface area (Å²) in [6.45, 7) is 4.82. The zero-order chi connectivity index (χ0) is 37.4. The van der Waals surface area contributed by atoms with Gasteiger partial charge in [0.1, 0.15) is 0 Å². The van der Waals surface area contributed by atoms with Gasteiger partial charge in [0.2, 0.25) is 0 Å². The molecule has 0 fully saturated rings. The van der Waals surface area contributed by atoms with Gasteiger partial charge in [0.15, 0.2) is 17.5 Å². The standard InChI is InChI=1S/C53H37N3/c1-52(2)45-31-13-14-32-46(45)53(43-29-11-9-22-39(43)40-23-10-12-30-44(40)53)47-33-17-27-41(48(47)52)37-25-15-26-38-36(37)24-16-28-42(38)51-55-49(34-18-5-3-6-19-34)54-50(56-51)35-20-7-4-8-21-35/h3-33H,1-2H3. The Kier molecular flexibility index (Phi) is 7.11. The Hall–Kier alpha value is -6.97. The molecule has 0 atom stereocenters. The molecule has 0 radical (unpaired) electrons. The molecule has 2 aliphatic rings. The van der Waals surface area contributed by atoms with Gasteiger partial charge in [-0.05, 0) is 66.4 Å². The summed E-state index contributed by atoms with van der Waals surface area (Å²) in [7, 11) is 0. The van der Waals surface area contributed by atoms with Gasteiger partial charge >= 0.3 is 0 Å². The van der Waals surface area contributed by atoms with Crippen molar-refractivity contribution < 1.29 is 0 Å². The van der Waals surface area contributed by atoms with Crippen molar-refractivity contribution in [2.45, 2.75) is 24.7 Å². The highest BCUT2D eigenvalue weighted by Gasteiger charge is 2.53. The van der Waals surface area contributed by atoms with Crippen LogP contribution in [-0.2, 0) is 10.8 Å². The van der Waals surface area contributed by atoms with Crippen molar-refractivity contribution in [1.82, 2.24) is 15.0 Å². The molecule has 0 amide bonds. The molecule has 3 nitrogen and oxygen atoms in total. The predicted octanol–water partition coefficient (Wildman–Crippen LogP) is 12.7. The van der Waals surface area contributed by atoms with Crippen LogP contribution in [0.15, 0.2) is 188 Å². The molecule has 8 aromatic carbocycles. The fraction of sp³-hybridized carbons (Fsp3) is 0.0755. The summed E-state index contributed by atoms with van der Waals surface area (Å²) in [4.78, 5) is 15.2. The van der Waals surface area contributed by atoms with Gasteiger partial charge in [-0.3, -0.25) is 0 Å². The van der Waals surface area contributed by atoms with E-state index in [9.17, 15) is 0 Å². The van der Waals surface area contributed by atoms with E-state index >= 15 is 0 Å². The van der Waals surface area contributed by atoms with Crippen LogP contribution in [0.4, 0.5) is 0 Å². The second-order valence-corrected chi connectivity index (χ2v) is 15.5. The summed E-state index contributed by atoms with van der Waals surface area (Å²) in [5.41, 5.74) is 15.3. The third-order valence-corrected chi connectivity index (χ3v) is 12.2. The zero-order valence-electron chi connectivity index (χ0n) is 31.2. The third kappa shape index (κ3) is 4.55. The average Bonchev–Trinajstić information content (AvgIpc) is 3.56. The van der Waals surface area contributed by atoms with E-state index in [1.807, 2.05) is 36.4 Å². The van der Waals surface area contributed by atoms with Gasteiger partial charge in [-0.25, -0.2) is 15.0 Å². The van der Waals surface area contributed by atoms with Gasteiger partial charge in [0, 0.05) is 22.1 Å². The average molecular weight is 716 g/mol. The lowest BCUT2D eigenvalue weighted by atomic mass is 9.54. The normalized spacial score (nSPS) is 14.2. The van der Waals surface area contributed by atoms with E-state index in [2.05, 4.69) is 166 Å². The van der Waals surface area contributed by atoms with E-state index in [1.165, 1.54) is 55.6 Å². The molecule has 0 aliphatic heterocycles. The fourth-order valence-electron chi connectivity index (χ4n) is 9.88. The highest BCUT2D eigenvalue weighted by Crippen LogP contribution is 2.63. The van der Waals surface area contributed by atoms with Crippen LogP contribution in [0.25, 0.3) is 67.2 Å². The topological polar surface area (TPSA) is 38.7 Å². The molecule has 1 spiro atoms. The molecule has 0 unspecified atom stereocenters. The minimum absolute atomic E-state index is 0.288. The highest BCUT2D eigenvalue weighted by atomic mass is 15.0. The van der Waals surface area contributed by atoms with Crippen LogP contribution in [0.5, 0.6) is 0 Å². The maximum atomic E-state index is 5.14. The number of nitrogens with zero attached hydrogens (tertiary/aromatic N) is 3. The van der Waals surface area contributed by atoms with Crippen LogP contribution >= 0.6 is 0 Å². The molecule has 264 valence electrons. The molecule has 56 heavy (non-hydrogen) atoms. The van der Waals surface area contributed by atoms with E-state index < -0.39 is 5.41 Å². The highest BCUT2D eigenvalue weighted by molar-refractivity contribution is 6.05. The second-order valence-electron chi connectivity index (χ2n) is 15.5. The van der Waals surface area contributed by atoms with Gasteiger partial charge < -0.3 is 0 Å². The van der Waals surface area contributed by atoms with Crippen LogP contribution < -0.4 is 0 Å². The van der Waals surface area contributed by atoms with Crippen LogP contribution in [0.3, 0.4) is 0 Å². The zero-order valence-corrected chi connectivity index (χ0v) is 31.2. The number of aromatic nitrogens is 3. The number of benzene rings is 8. The van der Waals surface area contributed by atoms with E-state index in [4.69, 9.17) is 15.0 Å². The number of rotatable bonds is 4. The molecule has 0 bridgehead atoms. The van der Waals surface area contributed by atoms with Gasteiger partial charge in [0.25, 0.3) is 0 Å². The van der Waals surface area contributed by atoms with Crippen molar-refractivity contribution in [3.8, 4) is 56.4 Å². The second kappa shape index (κ2) is 12.3. The van der Waals surface area contributed by atoms with Crippen LogP contribution in [0.2, 0.25) is 0 Å². The van der Waals surface area contributed by atoms with Crippen LogP contribution in [-0.4, -0.2) is 15.0 Å². The first kappa shape index (κ1) is 32.5. The lowest BCUT2D eigenvalue weighted by Gasteiger charge is -2.47. The molecule has 11 rings (SSSR count). The first-order chi connectivity index (χ1) is 27.5. The summed E-state index contributed by atoms with van der Waals surface area (Å²) in [5, 5.41) is 2.27. The van der Waals surface area contributed by atoms with Crippen molar-refractivity contribution in [1.29, 1.82) is 0 Å². The maximum absolute atomic E-state index is 5.14. The van der Waals surface area contributed by atoms with Crippen molar-refractivity contribution in [3.63, 3.8) is 0 Å². The van der Waals surface area contributed by atoms with E-state index in [0.717, 1.165) is 27.5 Å². The lowest BCUT2D eigenvalue weighted by Crippen LogP contribution is -2.41. The maximum Gasteiger partial charge on any atom is 0.164 e. The molecule has 2 aliphatic carbocycles. The van der Waals surface area contributed by atoms with Gasteiger partial charge in [-0.15, -0.1) is 0 Å². The van der Waals surface area contributed by atoms with Crippen LogP contribution in [0, 0.1) is 0 Å². The summed E-state index contributed by atoms with van der Waals surface area (Å²) >= 11 is 0. The molecule has 1 aromatic heterocycles. The van der Waals surface area contributed by atoms with Crippen molar-refractivity contribution in [2.24, 2.45) is 0 Å². The molecule has 1 heterocycles. The Bertz CT molecular complexity index is 2900. The van der Waals surface area contributed by atoms with E-state index in [-0.39, 0.29) is 5.41 Å². The van der Waals surface area contributed by atoms with Gasteiger partial charge in [-0.1, -0.05) is 202 Å². The first-order valence-electron chi connectivity index (χ1n) is 19.4. The third-order valence-electron chi connectivity index (χ3n) is 12.2. The molecule has 0 saturated carbocycles. The summed E-state index contributed by atoms with van der Waals surface area (Å²) in [6.07, 6.45) is 0. The van der Waals surface area contributed by atoms with Crippen molar-refractivity contribution in [2.75, 3.05) is 0 Å². The minimum atomic E-state index is -0.451. The Labute approximate surface area is 327 Å². The molecule has 0 saturated heterocycles. The SMILES string of the molecule is CC1(C)c2ccccc2C2(c3ccccc3-c3ccccc32)c2cccc(-c3cccc4c(-c5nc(-c6ccccc6)nc(-c6ccccc6)n5)cccc34)c21. The first-order valence-corrected chi connectivity index (χ1v) is 19.4. The quantitative estimate of drug-likeness (QED) is 0.182. The molecular formula is C53H37N3. The number of hydrogen-bond acceptors (Lipinski definition) is 3. The Morgan fingerprint density at radius 1 is 0.304 bits per heavy atom. The Morgan fingerprint density at radius 3 is 1.32 bits per heavy atom.